The predicted octanol–water partition coefficient (Wildman–Crippen LogP) is 2.05. The van der Waals surface area contributed by atoms with Crippen molar-refractivity contribution in [1.29, 1.82) is 0 Å². The van der Waals surface area contributed by atoms with E-state index in [4.69, 9.17) is 5.11 Å². The number of carboxylic acid groups (broad SMARTS) is 1. The largest absolute Gasteiger partial charge is 0.477 e. The fraction of sp³-hybridized carbons (Fsp3) is 0.111. The molecular weight excluding hydrogens is 225 g/mol. The number of nitrogens with zero attached hydrogens (tertiary/aromatic N) is 2. The fourth-order valence-electron chi connectivity index (χ4n) is 1.32. The first-order valence-electron chi connectivity index (χ1n) is 4.18. The first kappa shape index (κ1) is 10.5. The van der Waals surface area contributed by atoms with E-state index in [-0.39, 0.29) is 11.3 Å². The molecule has 16 heavy (non-hydrogen) atoms. The van der Waals surface area contributed by atoms with Crippen molar-refractivity contribution in [2.75, 3.05) is 0 Å². The Morgan fingerprint density at radius 1 is 1.38 bits per heavy atom. The molecule has 0 aliphatic rings. The zero-order valence-electron chi connectivity index (χ0n) is 7.69. The van der Waals surface area contributed by atoms with Crippen LogP contribution in [0.25, 0.3) is 5.65 Å². The Labute approximate surface area is 87.0 Å². The summed E-state index contributed by atoms with van der Waals surface area (Å²) in [6.07, 6.45) is -3.92. The lowest BCUT2D eigenvalue weighted by atomic mass is 10.3. The number of imidazole rings is 1. The molecule has 0 aliphatic heterocycles. The van der Waals surface area contributed by atoms with Crippen molar-refractivity contribution < 1.29 is 23.1 Å². The van der Waals surface area contributed by atoms with Gasteiger partial charge in [0.1, 0.15) is 11.3 Å². The Morgan fingerprint density at radius 3 is 2.62 bits per heavy atom. The highest BCUT2D eigenvalue weighted by Gasteiger charge is 2.34. The summed E-state index contributed by atoms with van der Waals surface area (Å²) in [6.45, 7) is 0. The van der Waals surface area contributed by atoms with Crippen molar-refractivity contribution >= 4 is 11.6 Å². The molecule has 0 aliphatic carbocycles. The van der Waals surface area contributed by atoms with Crippen LogP contribution in [0.2, 0.25) is 0 Å². The minimum atomic E-state index is -4.58. The van der Waals surface area contributed by atoms with Crippen LogP contribution in [0.1, 0.15) is 16.2 Å². The average Bonchev–Trinajstić information content (AvgIpc) is 2.59. The zero-order valence-corrected chi connectivity index (χ0v) is 7.69. The van der Waals surface area contributed by atoms with E-state index >= 15 is 0 Å². The summed E-state index contributed by atoms with van der Waals surface area (Å²) in [5.41, 5.74) is -1.42. The molecular formula is C9H5F3N2O2. The van der Waals surface area contributed by atoms with Gasteiger partial charge in [-0.3, -0.25) is 4.40 Å². The third-order valence-corrected chi connectivity index (χ3v) is 2.00. The number of halogens is 3. The summed E-state index contributed by atoms with van der Waals surface area (Å²) in [4.78, 5) is 14.0. The highest BCUT2D eigenvalue weighted by atomic mass is 19.4. The molecule has 0 bridgehead atoms. The van der Waals surface area contributed by atoms with E-state index < -0.39 is 17.8 Å². The summed E-state index contributed by atoms with van der Waals surface area (Å²) in [6, 6.07) is 3.85. The summed E-state index contributed by atoms with van der Waals surface area (Å²) < 4.78 is 37.9. The van der Waals surface area contributed by atoms with Crippen LogP contribution < -0.4 is 0 Å². The van der Waals surface area contributed by atoms with Crippen molar-refractivity contribution in [3.05, 3.63) is 35.8 Å². The second-order valence-corrected chi connectivity index (χ2v) is 3.07. The number of alkyl halides is 3. The number of hydrogen-bond acceptors (Lipinski definition) is 2. The molecule has 2 heterocycles. The van der Waals surface area contributed by atoms with Crippen LogP contribution in [0.4, 0.5) is 13.2 Å². The van der Waals surface area contributed by atoms with Gasteiger partial charge in [-0.25, -0.2) is 9.78 Å². The molecule has 0 radical (unpaired) electrons. The Balaban J connectivity index is 2.71. The van der Waals surface area contributed by atoms with Gasteiger partial charge in [0.25, 0.3) is 0 Å². The zero-order chi connectivity index (χ0) is 11.9. The van der Waals surface area contributed by atoms with E-state index in [2.05, 4.69) is 4.98 Å². The van der Waals surface area contributed by atoms with Crippen molar-refractivity contribution in [3.63, 3.8) is 0 Å². The normalized spacial score (nSPS) is 11.9. The molecule has 2 rings (SSSR count). The quantitative estimate of drug-likeness (QED) is 0.815. The number of rotatable bonds is 1. The number of aromatic nitrogens is 2. The van der Waals surface area contributed by atoms with Crippen LogP contribution in [0.3, 0.4) is 0 Å². The summed E-state index contributed by atoms with van der Waals surface area (Å²) in [7, 11) is 0. The first-order valence-corrected chi connectivity index (χ1v) is 4.18. The standard InChI is InChI=1S/C9H5F3N2O2/c10-9(11,12)6-4-14-5(8(15)16)2-1-3-7(14)13-6/h1-4H,(H,15,16). The molecule has 7 heteroatoms. The van der Waals surface area contributed by atoms with Crippen molar-refractivity contribution in [1.82, 2.24) is 9.38 Å². The molecule has 4 nitrogen and oxygen atoms in total. The number of hydrogen-bond donors (Lipinski definition) is 1. The monoisotopic (exact) mass is 230 g/mol. The van der Waals surface area contributed by atoms with Gasteiger partial charge in [-0.2, -0.15) is 13.2 Å². The number of carboxylic acids is 1. The molecule has 0 amide bonds. The van der Waals surface area contributed by atoms with E-state index in [1.54, 1.807) is 0 Å². The molecule has 2 aromatic heterocycles. The number of aromatic carboxylic acids is 1. The Kier molecular flexibility index (Phi) is 2.11. The Morgan fingerprint density at radius 2 is 2.06 bits per heavy atom. The SMILES string of the molecule is O=C(O)c1cccc2nc(C(F)(F)F)cn12. The number of fused-ring (bicyclic) bond motifs is 1. The summed E-state index contributed by atoms with van der Waals surface area (Å²) in [5.74, 6) is -1.31. The Bertz CT molecular complexity index is 559. The van der Waals surface area contributed by atoms with E-state index in [0.29, 0.717) is 6.20 Å². The van der Waals surface area contributed by atoms with E-state index in [1.165, 1.54) is 18.2 Å². The maximum atomic E-state index is 12.3. The minimum absolute atomic E-state index is 0.0489. The number of pyridine rings is 1. The van der Waals surface area contributed by atoms with Gasteiger partial charge in [0.15, 0.2) is 5.69 Å². The molecule has 0 fully saturated rings. The smallest absolute Gasteiger partial charge is 0.434 e. The van der Waals surface area contributed by atoms with Crippen LogP contribution in [0.5, 0.6) is 0 Å². The van der Waals surface area contributed by atoms with Crippen LogP contribution in [-0.2, 0) is 6.18 Å². The lowest BCUT2D eigenvalue weighted by Gasteiger charge is -1.99. The third kappa shape index (κ3) is 1.60. The second-order valence-electron chi connectivity index (χ2n) is 3.07. The maximum absolute atomic E-state index is 12.3. The van der Waals surface area contributed by atoms with Gasteiger partial charge in [-0.05, 0) is 12.1 Å². The molecule has 0 atom stereocenters. The molecule has 84 valence electrons. The molecule has 0 unspecified atom stereocenters. The summed E-state index contributed by atoms with van der Waals surface area (Å²) >= 11 is 0. The van der Waals surface area contributed by atoms with Gasteiger partial charge in [0.05, 0.1) is 0 Å². The second kappa shape index (κ2) is 3.22. The lowest BCUT2D eigenvalue weighted by molar-refractivity contribution is -0.140. The van der Waals surface area contributed by atoms with Crippen LogP contribution in [0, 0.1) is 0 Å². The molecule has 0 saturated carbocycles. The molecule has 0 saturated heterocycles. The van der Waals surface area contributed by atoms with Crippen LogP contribution in [-0.4, -0.2) is 20.5 Å². The minimum Gasteiger partial charge on any atom is -0.477 e. The van der Waals surface area contributed by atoms with Gasteiger partial charge < -0.3 is 5.11 Å². The molecule has 0 aromatic carbocycles. The summed E-state index contributed by atoms with van der Waals surface area (Å²) in [5, 5.41) is 8.77. The highest BCUT2D eigenvalue weighted by molar-refractivity contribution is 5.86. The van der Waals surface area contributed by atoms with Crippen molar-refractivity contribution in [3.8, 4) is 0 Å². The van der Waals surface area contributed by atoms with Gasteiger partial charge in [-0.15, -0.1) is 0 Å². The maximum Gasteiger partial charge on any atom is 0.434 e. The van der Waals surface area contributed by atoms with Gasteiger partial charge >= 0.3 is 12.1 Å². The molecule has 0 spiro atoms. The third-order valence-electron chi connectivity index (χ3n) is 2.00. The van der Waals surface area contributed by atoms with Gasteiger partial charge in [0.2, 0.25) is 0 Å². The molecule has 2 aromatic rings. The lowest BCUT2D eigenvalue weighted by Crippen LogP contribution is -2.05. The fourth-order valence-corrected chi connectivity index (χ4v) is 1.32. The van der Waals surface area contributed by atoms with Crippen LogP contribution >= 0.6 is 0 Å². The van der Waals surface area contributed by atoms with Crippen molar-refractivity contribution in [2.45, 2.75) is 6.18 Å². The van der Waals surface area contributed by atoms with E-state index in [0.717, 1.165) is 4.40 Å². The highest BCUT2D eigenvalue weighted by Crippen LogP contribution is 2.28. The Hall–Kier alpha value is -2.05. The van der Waals surface area contributed by atoms with Crippen LogP contribution in [0.15, 0.2) is 24.4 Å². The van der Waals surface area contributed by atoms with Gasteiger partial charge in [-0.1, -0.05) is 6.07 Å². The van der Waals surface area contributed by atoms with E-state index in [1.807, 2.05) is 0 Å². The predicted molar refractivity (Wildman–Crippen MR) is 47.2 cm³/mol. The molecule has 1 N–H and O–H groups in total. The van der Waals surface area contributed by atoms with Gasteiger partial charge in [0, 0.05) is 6.20 Å². The first-order chi connectivity index (χ1) is 7.39. The van der Waals surface area contributed by atoms with E-state index in [9.17, 15) is 18.0 Å². The topological polar surface area (TPSA) is 54.6 Å². The average molecular weight is 230 g/mol. The number of carbonyl (C=O) groups is 1. The van der Waals surface area contributed by atoms with Crippen molar-refractivity contribution in [2.24, 2.45) is 0 Å².